The van der Waals surface area contributed by atoms with Gasteiger partial charge in [0.05, 0.1) is 28.4 Å². The number of halogens is 1. The lowest BCUT2D eigenvalue weighted by atomic mass is 10.2. The lowest BCUT2D eigenvalue weighted by Gasteiger charge is -2.20. The van der Waals surface area contributed by atoms with Gasteiger partial charge in [0.25, 0.3) is 5.91 Å². The van der Waals surface area contributed by atoms with Gasteiger partial charge in [0.2, 0.25) is 5.91 Å². The number of nitrogens with zero attached hydrogens (tertiary/aromatic N) is 1. The first-order valence-electron chi connectivity index (χ1n) is 9.48. The van der Waals surface area contributed by atoms with Crippen molar-refractivity contribution in [2.45, 2.75) is 32.8 Å². The minimum Gasteiger partial charge on any atom is -0.444 e. The third-order valence-corrected chi connectivity index (χ3v) is 5.43. The Morgan fingerprint density at radius 2 is 1.84 bits per heavy atom. The van der Waals surface area contributed by atoms with Crippen LogP contribution in [0.4, 0.5) is 25.7 Å². The summed E-state index contributed by atoms with van der Waals surface area (Å²) >= 11 is 2.50. The molecule has 3 aromatic rings. The predicted molar refractivity (Wildman–Crippen MR) is 123 cm³/mol. The van der Waals surface area contributed by atoms with Crippen molar-refractivity contribution in [3.8, 4) is 0 Å². The van der Waals surface area contributed by atoms with Gasteiger partial charge in [0.1, 0.15) is 11.4 Å². The van der Waals surface area contributed by atoms with Crippen molar-refractivity contribution in [2.24, 2.45) is 0 Å². The summed E-state index contributed by atoms with van der Waals surface area (Å²) in [4.78, 5) is 41.4. The zero-order valence-corrected chi connectivity index (χ0v) is 19.2. The maximum absolute atomic E-state index is 13.7. The Balaban J connectivity index is 1.62. The van der Waals surface area contributed by atoms with Crippen molar-refractivity contribution in [3.05, 3.63) is 57.5 Å². The minimum absolute atomic E-state index is 0.0855. The van der Waals surface area contributed by atoms with E-state index in [0.717, 1.165) is 12.1 Å². The monoisotopic (exact) mass is 476 g/mol. The zero-order valence-electron chi connectivity index (χ0n) is 17.5. The number of ether oxygens (including phenoxy) is 1. The average Bonchev–Trinajstić information content (AvgIpc) is 3.34. The molecule has 0 fully saturated rings. The average molecular weight is 477 g/mol. The molecular formula is C21H21FN4O4S2. The summed E-state index contributed by atoms with van der Waals surface area (Å²) < 4.78 is 18.9. The predicted octanol–water partition coefficient (Wildman–Crippen LogP) is 5.12. The molecule has 3 rings (SSSR count). The smallest absolute Gasteiger partial charge is 0.412 e. The molecule has 0 aliphatic heterocycles. The SMILES string of the molecule is CC(C)(C)OC(=O)Nc1ccc(F)cc1NC(=O)Cc1csc(NC(=O)c2cccs2)n1. The topological polar surface area (TPSA) is 109 Å². The molecule has 2 heterocycles. The molecule has 0 radical (unpaired) electrons. The highest BCUT2D eigenvalue weighted by Crippen LogP contribution is 2.25. The molecule has 0 bridgehead atoms. The minimum atomic E-state index is -0.731. The summed E-state index contributed by atoms with van der Waals surface area (Å²) in [7, 11) is 0. The Morgan fingerprint density at radius 3 is 2.53 bits per heavy atom. The molecule has 0 spiro atoms. The molecule has 11 heteroatoms. The fourth-order valence-corrected chi connectivity index (χ4v) is 3.84. The Hall–Kier alpha value is -3.31. The standard InChI is InChI=1S/C21H21FN4O4S2/c1-21(2,3)30-20(29)25-14-7-6-12(22)9-15(14)24-17(27)10-13-11-32-19(23-13)26-18(28)16-5-4-8-31-16/h4-9,11H,10H2,1-3H3,(H,24,27)(H,25,29)(H,23,26,28). The van der Waals surface area contributed by atoms with Gasteiger partial charge in [-0.15, -0.1) is 22.7 Å². The number of carbonyl (C=O) groups is 3. The Kier molecular flexibility index (Phi) is 7.21. The van der Waals surface area contributed by atoms with Crippen molar-refractivity contribution in [1.82, 2.24) is 4.98 Å². The quantitative estimate of drug-likeness (QED) is 0.457. The summed E-state index contributed by atoms with van der Waals surface area (Å²) in [6.07, 6.45) is -0.835. The number of hydrogen-bond donors (Lipinski definition) is 3. The number of thiazole rings is 1. The lowest BCUT2D eigenvalue weighted by Crippen LogP contribution is -2.27. The fourth-order valence-electron chi connectivity index (χ4n) is 2.51. The molecule has 2 aromatic heterocycles. The maximum atomic E-state index is 13.7. The number of thiophene rings is 1. The highest BCUT2D eigenvalue weighted by molar-refractivity contribution is 7.14. The summed E-state index contributed by atoms with van der Waals surface area (Å²) in [5, 5.41) is 11.6. The van der Waals surface area contributed by atoms with Crippen LogP contribution in [0.15, 0.2) is 41.1 Å². The van der Waals surface area contributed by atoms with Crippen LogP contribution in [-0.2, 0) is 16.0 Å². The molecule has 0 atom stereocenters. The molecule has 168 valence electrons. The molecule has 8 nitrogen and oxygen atoms in total. The number of nitrogens with one attached hydrogen (secondary N) is 3. The van der Waals surface area contributed by atoms with E-state index in [2.05, 4.69) is 20.9 Å². The Morgan fingerprint density at radius 1 is 1.06 bits per heavy atom. The second-order valence-electron chi connectivity index (χ2n) is 7.62. The first-order valence-corrected chi connectivity index (χ1v) is 11.2. The fraction of sp³-hybridized carbons (Fsp3) is 0.238. The van der Waals surface area contributed by atoms with E-state index in [1.165, 1.54) is 28.7 Å². The van der Waals surface area contributed by atoms with Gasteiger partial charge in [-0.3, -0.25) is 20.2 Å². The third-order valence-electron chi connectivity index (χ3n) is 3.75. The van der Waals surface area contributed by atoms with Crippen LogP contribution in [0, 0.1) is 5.82 Å². The molecule has 0 aliphatic carbocycles. The maximum Gasteiger partial charge on any atom is 0.412 e. The number of hydrogen-bond acceptors (Lipinski definition) is 7. The van der Waals surface area contributed by atoms with Crippen molar-refractivity contribution in [2.75, 3.05) is 16.0 Å². The molecule has 0 unspecified atom stereocenters. The van der Waals surface area contributed by atoms with Crippen LogP contribution in [-0.4, -0.2) is 28.5 Å². The molecular weight excluding hydrogens is 455 g/mol. The van der Waals surface area contributed by atoms with Crippen molar-refractivity contribution in [3.63, 3.8) is 0 Å². The van der Waals surface area contributed by atoms with Gasteiger partial charge in [-0.1, -0.05) is 6.07 Å². The number of amides is 3. The first kappa shape index (κ1) is 23.4. The zero-order chi connectivity index (χ0) is 23.3. The van der Waals surface area contributed by atoms with Crippen molar-refractivity contribution >= 4 is 57.1 Å². The van der Waals surface area contributed by atoms with Crippen LogP contribution >= 0.6 is 22.7 Å². The number of benzene rings is 1. The number of rotatable bonds is 6. The largest absolute Gasteiger partial charge is 0.444 e. The van der Waals surface area contributed by atoms with Crippen LogP contribution in [0.2, 0.25) is 0 Å². The van der Waals surface area contributed by atoms with Crippen LogP contribution < -0.4 is 16.0 Å². The van der Waals surface area contributed by atoms with Gasteiger partial charge in [-0.05, 0) is 50.4 Å². The summed E-state index contributed by atoms with van der Waals surface area (Å²) in [5.74, 6) is -1.32. The second-order valence-corrected chi connectivity index (χ2v) is 9.42. The third kappa shape index (κ3) is 6.86. The summed E-state index contributed by atoms with van der Waals surface area (Å²) in [6, 6.07) is 7.05. The van der Waals surface area contributed by atoms with Crippen LogP contribution in [0.1, 0.15) is 36.1 Å². The van der Waals surface area contributed by atoms with Crippen LogP contribution in [0.25, 0.3) is 0 Å². The van der Waals surface area contributed by atoms with Gasteiger partial charge in [0.15, 0.2) is 5.13 Å². The van der Waals surface area contributed by atoms with Gasteiger partial charge in [0, 0.05) is 5.38 Å². The van der Waals surface area contributed by atoms with E-state index in [4.69, 9.17) is 4.74 Å². The number of anilines is 3. The number of aromatic nitrogens is 1. The highest BCUT2D eigenvalue weighted by atomic mass is 32.1. The highest BCUT2D eigenvalue weighted by Gasteiger charge is 2.18. The second kappa shape index (κ2) is 9.88. The molecule has 0 saturated carbocycles. The normalized spacial score (nSPS) is 11.0. The van der Waals surface area contributed by atoms with E-state index in [0.29, 0.717) is 15.7 Å². The van der Waals surface area contributed by atoms with Gasteiger partial charge in [-0.2, -0.15) is 0 Å². The molecule has 32 heavy (non-hydrogen) atoms. The van der Waals surface area contributed by atoms with E-state index < -0.39 is 23.4 Å². The molecule has 0 aliphatic rings. The summed E-state index contributed by atoms with van der Waals surface area (Å²) in [5.41, 5.74) is -0.0000749. The van der Waals surface area contributed by atoms with E-state index in [9.17, 15) is 18.8 Å². The van der Waals surface area contributed by atoms with Crippen LogP contribution in [0.3, 0.4) is 0 Å². The lowest BCUT2D eigenvalue weighted by molar-refractivity contribution is -0.115. The van der Waals surface area contributed by atoms with Gasteiger partial charge >= 0.3 is 6.09 Å². The van der Waals surface area contributed by atoms with Crippen molar-refractivity contribution in [1.29, 1.82) is 0 Å². The Bertz CT molecular complexity index is 1120. The molecule has 3 N–H and O–H groups in total. The Labute approximate surface area is 191 Å². The molecule has 3 amide bonds. The molecule has 0 saturated heterocycles. The van der Waals surface area contributed by atoms with Gasteiger partial charge in [-0.25, -0.2) is 14.2 Å². The summed E-state index contributed by atoms with van der Waals surface area (Å²) in [6.45, 7) is 5.14. The first-order chi connectivity index (χ1) is 15.1. The van der Waals surface area contributed by atoms with Crippen LogP contribution in [0.5, 0.6) is 0 Å². The van der Waals surface area contributed by atoms with Gasteiger partial charge < -0.3 is 10.1 Å². The molecule has 1 aromatic carbocycles. The van der Waals surface area contributed by atoms with E-state index in [1.54, 1.807) is 43.7 Å². The van der Waals surface area contributed by atoms with Crippen molar-refractivity contribution < 1.29 is 23.5 Å². The van der Waals surface area contributed by atoms with E-state index >= 15 is 0 Å². The van der Waals surface area contributed by atoms with E-state index in [1.807, 2.05) is 0 Å². The van der Waals surface area contributed by atoms with E-state index in [-0.39, 0.29) is 23.7 Å². The number of carbonyl (C=O) groups excluding carboxylic acids is 3.